The van der Waals surface area contributed by atoms with Crippen molar-refractivity contribution < 1.29 is 9.47 Å². The zero-order valence-electron chi connectivity index (χ0n) is 12.6. The fraction of sp³-hybridized carbons (Fsp3) is 0.278. The van der Waals surface area contributed by atoms with Crippen LogP contribution in [0.3, 0.4) is 0 Å². The SMILES string of the molecule is CC[C@@H](C)c1c(OC)cccc1Oc1ccc(C#N)cc1. The molecule has 0 N–H and O–H groups in total. The number of ether oxygens (including phenoxy) is 2. The van der Waals surface area contributed by atoms with Crippen molar-refractivity contribution in [1.29, 1.82) is 5.26 Å². The van der Waals surface area contributed by atoms with E-state index in [2.05, 4.69) is 19.9 Å². The number of benzene rings is 2. The quantitative estimate of drug-likeness (QED) is 0.785. The third kappa shape index (κ3) is 3.35. The van der Waals surface area contributed by atoms with E-state index >= 15 is 0 Å². The molecule has 2 aromatic carbocycles. The number of nitrogens with zero attached hydrogens (tertiary/aromatic N) is 1. The predicted molar refractivity (Wildman–Crippen MR) is 82.9 cm³/mol. The number of hydrogen-bond acceptors (Lipinski definition) is 3. The highest BCUT2D eigenvalue weighted by Gasteiger charge is 2.16. The Hall–Kier alpha value is -2.47. The largest absolute Gasteiger partial charge is 0.496 e. The van der Waals surface area contributed by atoms with E-state index in [9.17, 15) is 0 Å². The second kappa shape index (κ2) is 6.81. The standard InChI is InChI=1S/C18H19NO2/c1-4-13(2)18-16(20-3)6-5-7-17(18)21-15-10-8-14(12-19)9-11-15/h5-11,13H,4H2,1-3H3/t13-/m1/s1. The van der Waals surface area contributed by atoms with Gasteiger partial charge in [-0.3, -0.25) is 0 Å². The highest BCUT2D eigenvalue weighted by atomic mass is 16.5. The minimum atomic E-state index is 0.342. The fourth-order valence-corrected chi connectivity index (χ4v) is 2.21. The van der Waals surface area contributed by atoms with Crippen molar-refractivity contribution in [3.05, 3.63) is 53.6 Å². The maximum absolute atomic E-state index is 8.83. The van der Waals surface area contributed by atoms with Crippen molar-refractivity contribution in [3.8, 4) is 23.3 Å². The van der Waals surface area contributed by atoms with Crippen molar-refractivity contribution in [2.45, 2.75) is 26.2 Å². The first kappa shape index (κ1) is 14.9. The molecule has 0 aliphatic carbocycles. The van der Waals surface area contributed by atoms with E-state index in [1.165, 1.54) is 0 Å². The molecule has 0 aliphatic rings. The lowest BCUT2D eigenvalue weighted by molar-refractivity contribution is 0.396. The first-order valence-electron chi connectivity index (χ1n) is 7.04. The van der Waals surface area contributed by atoms with Gasteiger partial charge in [0.1, 0.15) is 17.2 Å². The third-order valence-corrected chi connectivity index (χ3v) is 3.56. The molecular weight excluding hydrogens is 262 g/mol. The van der Waals surface area contributed by atoms with Gasteiger partial charge < -0.3 is 9.47 Å². The number of rotatable bonds is 5. The molecule has 0 amide bonds. The molecule has 108 valence electrons. The van der Waals surface area contributed by atoms with Crippen LogP contribution in [-0.2, 0) is 0 Å². The molecule has 0 bridgehead atoms. The molecule has 0 heterocycles. The highest BCUT2D eigenvalue weighted by molar-refractivity contribution is 5.49. The predicted octanol–water partition coefficient (Wildman–Crippen LogP) is 4.87. The van der Waals surface area contributed by atoms with Crippen molar-refractivity contribution in [3.63, 3.8) is 0 Å². The molecule has 0 unspecified atom stereocenters. The summed E-state index contributed by atoms with van der Waals surface area (Å²) in [5.41, 5.74) is 1.70. The maximum Gasteiger partial charge on any atom is 0.134 e. The summed E-state index contributed by atoms with van der Waals surface area (Å²) in [5.74, 6) is 2.70. The van der Waals surface area contributed by atoms with Gasteiger partial charge in [-0.15, -0.1) is 0 Å². The van der Waals surface area contributed by atoms with Crippen LogP contribution in [0.25, 0.3) is 0 Å². The number of hydrogen-bond donors (Lipinski definition) is 0. The van der Waals surface area contributed by atoms with Crippen molar-refractivity contribution in [1.82, 2.24) is 0 Å². The second-order valence-electron chi connectivity index (χ2n) is 4.92. The lowest BCUT2D eigenvalue weighted by atomic mass is 9.96. The van der Waals surface area contributed by atoms with E-state index in [-0.39, 0.29) is 0 Å². The van der Waals surface area contributed by atoms with Gasteiger partial charge in [-0.1, -0.05) is 19.9 Å². The van der Waals surface area contributed by atoms with E-state index in [0.29, 0.717) is 17.2 Å². The Kier molecular flexibility index (Phi) is 4.84. The summed E-state index contributed by atoms with van der Waals surface area (Å²) in [4.78, 5) is 0. The van der Waals surface area contributed by atoms with Crippen LogP contribution in [0, 0.1) is 11.3 Å². The third-order valence-electron chi connectivity index (χ3n) is 3.56. The van der Waals surface area contributed by atoms with Gasteiger partial charge in [-0.25, -0.2) is 0 Å². The molecule has 3 nitrogen and oxygen atoms in total. The molecule has 2 rings (SSSR count). The lowest BCUT2D eigenvalue weighted by Gasteiger charge is -2.18. The van der Waals surface area contributed by atoms with Crippen LogP contribution in [0.4, 0.5) is 0 Å². The van der Waals surface area contributed by atoms with Crippen LogP contribution in [0.1, 0.15) is 37.3 Å². The van der Waals surface area contributed by atoms with Gasteiger partial charge in [0.2, 0.25) is 0 Å². The Morgan fingerprint density at radius 3 is 2.33 bits per heavy atom. The summed E-state index contributed by atoms with van der Waals surface area (Å²) in [5, 5.41) is 8.83. The van der Waals surface area contributed by atoms with Gasteiger partial charge in [0.15, 0.2) is 0 Å². The molecule has 0 spiro atoms. The van der Waals surface area contributed by atoms with Gasteiger partial charge in [0, 0.05) is 5.56 Å². The second-order valence-corrected chi connectivity index (χ2v) is 4.92. The normalized spacial score (nSPS) is 11.5. The molecule has 0 aromatic heterocycles. The Morgan fingerprint density at radius 1 is 1.10 bits per heavy atom. The Labute approximate surface area is 125 Å². The molecule has 0 radical (unpaired) electrons. The minimum Gasteiger partial charge on any atom is -0.496 e. The van der Waals surface area contributed by atoms with Crippen molar-refractivity contribution in [2.24, 2.45) is 0 Å². The van der Waals surface area contributed by atoms with Crippen LogP contribution in [-0.4, -0.2) is 7.11 Å². The van der Waals surface area contributed by atoms with E-state index in [4.69, 9.17) is 14.7 Å². The molecule has 3 heteroatoms. The maximum atomic E-state index is 8.83. The van der Waals surface area contributed by atoms with Gasteiger partial charge >= 0.3 is 0 Å². The first-order valence-corrected chi connectivity index (χ1v) is 7.04. The molecule has 1 atom stereocenters. The van der Waals surface area contributed by atoms with Gasteiger partial charge in [-0.05, 0) is 48.7 Å². The summed E-state index contributed by atoms with van der Waals surface area (Å²) < 4.78 is 11.4. The van der Waals surface area contributed by atoms with Gasteiger partial charge in [0.25, 0.3) is 0 Å². The van der Waals surface area contributed by atoms with Crippen LogP contribution in [0.15, 0.2) is 42.5 Å². The summed E-state index contributed by atoms with van der Waals surface area (Å²) in [6.45, 7) is 4.30. The average Bonchev–Trinajstić information content (AvgIpc) is 2.54. The van der Waals surface area contributed by atoms with Crippen LogP contribution in [0.5, 0.6) is 17.2 Å². The number of methoxy groups -OCH3 is 1. The van der Waals surface area contributed by atoms with Crippen molar-refractivity contribution in [2.75, 3.05) is 7.11 Å². The van der Waals surface area contributed by atoms with Gasteiger partial charge in [-0.2, -0.15) is 5.26 Å². The molecular formula is C18H19NO2. The monoisotopic (exact) mass is 281 g/mol. The highest BCUT2D eigenvalue weighted by Crippen LogP contribution is 2.38. The molecule has 0 aliphatic heterocycles. The van der Waals surface area contributed by atoms with E-state index < -0.39 is 0 Å². The Morgan fingerprint density at radius 2 is 1.76 bits per heavy atom. The van der Waals surface area contributed by atoms with Crippen LogP contribution < -0.4 is 9.47 Å². The Balaban J connectivity index is 2.36. The molecule has 21 heavy (non-hydrogen) atoms. The smallest absolute Gasteiger partial charge is 0.134 e. The van der Waals surface area contributed by atoms with Crippen LogP contribution in [0.2, 0.25) is 0 Å². The minimum absolute atomic E-state index is 0.342. The molecule has 0 fully saturated rings. The van der Waals surface area contributed by atoms with Crippen LogP contribution >= 0.6 is 0 Å². The van der Waals surface area contributed by atoms with E-state index in [1.54, 1.807) is 31.4 Å². The zero-order chi connectivity index (χ0) is 15.2. The van der Waals surface area contributed by atoms with Gasteiger partial charge in [0.05, 0.1) is 18.7 Å². The summed E-state index contributed by atoms with van der Waals surface area (Å²) in [6.07, 6.45) is 1.00. The van der Waals surface area contributed by atoms with E-state index in [0.717, 1.165) is 23.5 Å². The van der Waals surface area contributed by atoms with E-state index in [1.807, 2.05) is 18.2 Å². The summed E-state index contributed by atoms with van der Waals surface area (Å²) in [7, 11) is 1.67. The summed E-state index contributed by atoms with van der Waals surface area (Å²) in [6, 6.07) is 15.0. The summed E-state index contributed by atoms with van der Waals surface area (Å²) >= 11 is 0. The van der Waals surface area contributed by atoms with Crippen molar-refractivity contribution >= 4 is 0 Å². The fourth-order valence-electron chi connectivity index (χ4n) is 2.21. The zero-order valence-corrected chi connectivity index (χ0v) is 12.6. The number of nitriles is 1. The average molecular weight is 281 g/mol. The molecule has 0 saturated carbocycles. The molecule has 0 saturated heterocycles. The first-order chi connectivity index (χ1) is 10.2. The molecule has 2 aromatic rings. The topological polar surface area (TPSA) is 42.2 Å². The lowest BCUT2D eigenvalue weighted by Crippen LogP contribution is -2.00. The Bertz CT molecular complexity index is 641.